The number of carboxylic acids is 1. The van der Waals surface area contributed by atoms with E-state index in [1.165, 1.54) is 6.42 Å². The van der Waals surface area contributed by atoms with Crippen molar-refractivity contribution in [3.8, 4) is 11.1 Å². The topological polar surface area (TPSA) is 60.9 Å². The molecule has 1 amide bonds. The molecule has 2 aliphatic rings. The molecule has 0 aliphatic carbocycles. The maximum absolute atomic E-state index is 13.0. The highest BCUT2D eigenvalue weighted by Gasteiger charge is 2.36. The first-order valence-corrected chi connectivity index (χ1v) is 11.0. The second-order valence-corrected chi connectivity index (χ2v) is 8.78. The molecule has 0 spiro atoms. The summed E-state index contributed by atoms with van der Waals surface area (Å²) in [6.45, 7) is 3.12. The largest absolute Gasteiger partial charge is 0.478 e. The van der Waals surface area contributed by atoms with Crippen LogP contribution < -0.4 is 0 Å². The number of carbonyl (C=O) groups excluding carboxylic acids is 1. The third-order valence-electron chi connectivity index (χ3n) is 6.06. The zero-order valence-corrected chi connectivity index (χ0v) is 18.1. The smallest absolute Gasteiger partial charge is 0.335 e. The first-order chi connectivity index (χ1) is 14.4. The lowest BCUT2D eigenvalue weighted by Gasteiger charge is -2.31. The van der Waals surface area contributed by atoms with E-state index in [1.807, 2.05) is 17.0 Å². The van der Waals surface area contributed by atoms with Gasteiger partial charge in [0.25, 0.3) is 0 Å². The van der Waals surface area contributed by atoms with E-state index in [2.05, 4.69) is 4.90 Å². The summed E-state index contributed by atoms with van der Waals surface area (Å²) in [5, 5.41) is 10.1. The zero-order chi connectivity index (χ0) is 21.3. The highest BCUT2D eigenvalue weighted by molar-refractivity contribution is 6.36. The minimum absolute atomic E-state index is 0.0186. The fraction of sp³-hybridized carbons (Fsp3) is 0.391. The van der Waals surface area contributed by atoms with Gasteiger partial charge < -0.3 is 10.0 Å². The van der Waals surface area contributed by atoms with E-state index in [0.29, 0.717) is 23.1 Å². The maximum atomic E-state index is 13.0. The Hall–Kier alpha value is -2.08. The molecule has 0 bridgehead atoms. The van der Waals surface area contributed by atoms with Crippen molar-refractivity contribution in [2.75, 3.05) is 19.6 Å². The summed E-state index contributed by atoms with van der Waals surface area (Å²) in [6.07, 6.45) is 4.42. The van der Waals surface area contributed by atoms with Gasteiger partial charge in [0.1, 0.15) is 0 Å². The van der Waals surface area contributed by atoms with Gasteiger partial charge in [0, 0.05) is 28.7 Å². The highest BCUT2D eigenvalue weighted by Crippen LogP contribution is 2.34. The fourth-order valence-electron chi connectivity index (χ4n) is 4.37. The van der Waals surface area contributed by atoms with Crippen molar-refractivity contribution in [3.63, 3.8) is 0 Å². The maximum Gasteiger partial charge on any atom is 0.335 e. The molecule has 0 radical (unpaired) electrons. The van der Waals surface area contributed by atoms with Crippen molar-refractivity contribution in [3.05, 3.63) is 57.6 Å². The van der Waals surface area contributed by atoms with Crippen LogP contribution in [0.3, 0.4) is 0 Å². The Morgan fingerprint density at radius 2 is 1.60 bits per heavy atom. The number of nitrogens with zero attached hydrogens (tertiary/aromatic N) is 2. The molecule has 158 valence electrons. The molecule has 2 aliphatic heterocycles. The normalized spacial score (nSPS) is 20.0. The number of carbonyl (C=O) groups is 2. The van der Waals surface area contributed by atoms with Crippen LogP contribution in [0.15, 0.2) is 36.4 Å². The van der Waals surface area contributed by atoms with E-state index in [0.717, 1.165) is 49.0 Å². The van der Waals surface area contributed by atoms with Gasteiger partial charge in [-0.15, -0.1) is 0 Å². The minimum Gasteiger partial charge on any atom is -0.478 e. The SMILES string of the molecule is O=C(O)c1ccc(-c2cc(Cl)c(CN3CCC(N4CCCCC4)C3=O)c(Cl)c2)cc1. The van der Waals surface area contributed by atoms with Crippen LogP contribution in [0.2, 0.25) is 10.0 Å². The van der Waals surface area contributed by atoms with Gasteiger partial charge in [0.2, 0.25) is 5.91 Å². The quantitative estimate of drug-likeness (QED) is 0.705. The molecule has 2 aromatic rings. The van der Waals surface area contributed by atoms with Crippen molar-refractivity contribution in [1.82, 2.24) is 9.80 Å². The summed E-state index contributed by atoms with van der Waals surface area (Å²) in [5.74, 6) is -0.802. The van der Waals surface area contributed by atoms with Gasteiger partial charge in [-0.3, -0.25) is 9.69 Å². The Morgan fingerprint density at radius 1 is 0.967 bits per heavy atom. The molecular weight excluding hydrogens is 423 g/mol. The second-order valence-electron chi connectivity index (χ2n) is 7.96. The molecule has 2 fully saturated rings. The van der Waals surface area contributed by atoms with E-state index in [-0.39, 0.29) is 17.5 Å². The Kier molecular flexibility index (Phi) is 6.32. The number of carboxylic acid groups (broad SMARTS) is 1. The van der Waals surface area contributed by atoms with E-state index >= 15 is 0 Å². The van der Waals surface area contributed by atoms with Crippen LogP contribution >= 0.6 is 23.2 Å². The highest BCUT2D eigenvalue weighted by atomic mass is 35.5. The van der Waals surface area contributed by atoms with Gasteiger partial charge >= 0.3 is 5.97 Å². The Bertz CT molecular complexity index is 932. The van der Waals surface area contributed by atoms with Crippen LogP contribution in [0.1, 0.15) is 41.6 Å². The Balaban J connectivity index is 1.50. The third-order valence-corrected chi connectivity index (χ3v) is 6.73. The van der Waals surface area contributed by atoms with Crippen LogP contribution in [-0.4, -0.2) is 52.5 Å². The van der Waals surface area contributed by atoms with Gasteiger partial charge in [0.05, 0.1) is 11.6 Å². The number of hydrogen-bond donors (Lipinski definition) is 1. The van der Waals surface area contributed by atoms with Crippen molar-refractivity contribution >= 4 is 35.1 Å². The molecule has 1 N–H and O–H groups in total. The van der Waals surface area contributed by atoms with Gasteiger partial charge in [-0.2, -0.15) is 0 Å². The van der Waals surface area contributed by atoms with Crippen molar-refractivity contribution < 1.29 is 14.7 Å². The zero-order valence-electron chi connectivity index (χ0n) is 16.6. The lowest BCUT2D eigenvalue weighted by Crippen LogP contribution is -2.44. The number of halogens is 2. The number of piperidine rings is 1. The fourth-order valence-corrected chi connectivity index (χ4v) is 4.97. The summed E-state index contributed by atoms with van der Waals surface area (Å²) in [7, 11) is 0. The Morgan fingerprint density at radius 3 is 2.20 bits per heavy atom. The van der Waals surface area contributed by atoms with E-state index in [1.54, 1.807) is 24.3 Å². The molecule has 2 aromatic carbocycles. The predicted octanol–water partition coefficient (Wildman–Crippen LogP) is 4.95. The molecule has 2 heterocycles. The standard InChI is InChI=1S/C23H24Cl2N2O3/c24-19-12-17(15-4-6-16(7-5-15)23(29)30)13-20(25)18(19)14-27-11-8-21(22(27)28)26-9-2-1-3-10-26/h4-7,12-13,21H,1-3,8-11,14H2,(H,29,30). The monoisotopic (exact) mass is 446 g/mol. The molecule has 4 rings (SSSR count). The molecule has 2 saturated heterocycles. The van der Waals surface area contributed by atoms with Crippen molar-refractivity contribution in [2.45, 2.75) is 38.3 Å². The summed E-state index contributed by atoms with van der Waals surface area (Å²) in [6, 6.07) is 10.2. The van der Waals surface area contributed by atoms with Gasteiger partial charge in [-0.25, -0.2) is 4.79 Å². The van der Waals surface area contributed by atoms with Crippen molar-refractivity contribution in [2.24, 2.45) is 0 Å². The molecule has 30 heavy (non-hydrogen) atoms. The first kappa shape index (κ1) is 21.2. The van der Waals surface area contributed by atoms with Gasteiger partial charge in [-0.1, -0.05) is 41.8 Å². The number of benzene rings is 2. The summed E-state index contributed by atoms with van der Waals surface area (Å²) >= 11 is 13.1. The molecule has 1 unspecified atom stereocenters. The lowest BCUT2D eigenvalue weighted by atomic mass is 10.0. The van der Waals surface area contributed by atoms with Crippen LogP contribution in [0.5, 0.6) is 0 Å². The minimum atomic E-state index is -0.967. The van der Waals surface area contributed by atoms with Crippen molar-refractivity contribution in [1.29, 1.82) is 0 Å². The van der Waals surface area contributed by atoms with Gasteiger partial charge in [0.15, 0.2) is 0 Å². The predicted molar refractivity (Wildman–Crippen MR) is 118 cm³/mol. The third kappa shape index (κ3) is 4.34. The molecular formula is C23H24Cl2N2O3. The molecule has 5 nitrogen and oxygen atoms in total. The van der Waals surface area contributed by atoms with E-state index in [4.69, 9.17) is 28.3 Å². The number of hydrogen-bond acceptors (Lipinski definition) is 3. The first-order valence-electron chi connectivity index (χ1n) is 10.3. The molecule has 0 saturated carbocycles. The van der Waals surface area contributed by atoms with Crippen LogP contribution in [0.25, 0.3) is 11.1 Å². The summed E-state index contributed by atoms with van der Waals surface area (Å²) in [5.41, 5.74) is 2.61. The summed E-state index contributed by atoms with van der Waals surface area (Å²) < 4.78 is 0. The Labute approximate surface area is 186 Å². The van der Waals surface area contributed by atoms with Crippen LogP contribution in [-0.2, 0) is 11.3 Å². The second kappa shape index (κ2) is 8.96. The number of aromatic carboxylic acids is 1. The molecule has 1 atom stereocenters. The molecule has 7 heteroatoms. The number of amides is 1. The average molecular weight is 447 g/mol. The number of rotatable bonds is 5. The average Bonchev–Trinajstić information content (AvgIpc) is 3.11. The van der Waals surface area contributed by atoms with E-state index < -0.39 is 5.97 Å². The molecule has 0 aromatic heterocycles. The van der Waals surface area contributed by atoms with Crippen LogP contribution in [0.4, 0.5) is 0 Å². The van der Waals surface area contributed by atoms with Gasteiger partial charge in [-0.05, 0) is 67.7 Å². The number of likely N-dealkylation sites (tertiary alicyclic amines) is 2. The van der Waals surface area contributed by atoms with E-state index in [9.17, 15) is 9.59 Å². The lowest BCUT2D eigenvalue weighted by molar-refractivity contribution is -0.132. The summed E-state index contributed by atoms with van der Waals surface area (Å²) in [4.78, 5) is 28.2. The van der Waals surface area contributed by atoms with Crippen LogP contribution in [0, 0.1) is 0 Å².